The van der Waals surface area contributed by atoms with Crippen LogP contribution in [-0.4, -0.2) is 33.6 Å². The van der Waals surface area contributed by atoms with Crippen molar-refractivity contribution in [3.05, 3.63) is 84.4 Å². The molecule has 0 saturated carbocycles. The van der Waals surface area contributed by atoms with Crippen molar-refractivity contribution in [2.24, 2.45) is 0 Å². The molecular weight excluding hydrogens is 428 g/mol. The highest BCUT2D eigenvalue weighted by Gasteiger charge is 2.15. The van der Waals surface area contributed by atoms with Crippen LogP contribution in [0, 0.1) is 0 Å². The third kappa shape index (κ3) is 6.83. The van der Waals surface area contributed by atoms with Crippen molar-refractivity contribution in [2.45, 2.75) is 24.8 Å². The molecule has 32 heavy (non-hydrogen) atoms. The van der Waals surface area contributed by atoms with E-state index in [1.54, 1.807) is 50.2 Å². The minimum absolute atomic E-state index is 0.141. The maximum atomic E-state index is 12.5. The van der Waals surface area contributed by atoms with Gasteiger partial charge in [0, 0.05) is 17.3 Å². The summed E-state index contributed by atoms with van der Waals surface area (Å²) in [6.07, 6.45) is 0. The van der Waals surface area contributed by atoms with Gasteiger partial charge in [0.15, 0.2) is 0 Å². The van der Waals surface area contributed by atoms with Crippen LogP contribution in [-0.2, 0) is 10.0 Å². The molecule has 0 spiro atoms. The zero-order chi connectivity index (χ0) is 23.0. The van der Waals surface area contributed by atoms with Crippen LogP contribution in [0.2, 0.25) is 0 Å². The van der Waals surface area contributed by atoms with Crippen LogP contribution in [0.25, 0.3) is 0 Å². The molecule has 0 unspecified atom stereocenters. The molecule has 2 N–H and O–H groups in total. The molecule has 0 atom stereocenters. The number of rotatable bonds is 10. The smallest absolute Gasteiger partial charge is 0.255 e. The van der Waals surface area contributed by atoms with Crippen molar-refractivity contribution in [1.29, 1.82) is 0 Å². The molecule has 0 aliphatic heterocycles. The van der Waals surface area contributed by atoms with Gasteiger partial charge in [-0.2, -0.15) is 0 Å². The van der Waals surface area contributed by atoms with Crippen LogP contribution >= 0.6 is 0 Å². The van der Waals surface area contributed by atoms with E-state index in [0.717, 1.165) is 5.75 Å². The topological polar surface area (TPSA) is 93.7 Å². The maximum absolute atomic E-state index is 12.5. The Balaban J connectivity index is 1.50. The maximum Gasteiger partial charge on any atom is 0.255 e. The monoisotopic (exact) mass is 454 g/mol. The summed E-state index contributed by atoms with van der Waals surface area (Å²) in [5.74, 6) is 1.11. The SMILES string of the molecule is CC(C)NS(=O)(=O)c1ccc(NC(=O)c2ccc(OCCOc3ccccc3)cc2)cc1. The van der Waals surface area contributed by atoms with Crippen LogP contribution in [0.3, 0.4) is 0 Å². The highest BCUT2D eigenvalue weighted by Crippen LogP contribution is 2.17. The van der Waals surface area contributed by atoms with Crippen LogP contribution in [0.5, 0.6) is 11.5 Å². The molecule has 8 heteroatoms. The average Bonchev–Trinajstić information content (AvgIpc) is 2.77. The number of benzene rings is 3. The van der Waals surface area contributed by atoms with Gasteiger partial charge in [0.1, 0.15) is 24.7 Å². The second kappa shape index (κ2) is 10.8. The molecule has 0 saturated heterocycles. The lowest BCUT2D eigenvalue weighted by molar-refractivity contribution is 0.102. The average molecular weight is 455 g/mol. The van der Waals surface area contributed by atoms with E-state index in [2.05, 4.69) is 10.0 Å². The van der Waals surface area contributed by atoms with Gasteiger partial charge in [-0.05, 0) is 74.5 Å². The van der Waals surface area contributed by atoms with Gasteiger partial charge in [0.05, 0.1) is 4.90 Å². The van der Waals surface area contributed by atoms with Gasteiger partial charge in [0.25, 0.3) is 5.91 Å². The first kappa shape index (κ1) is 23.3. The third-order valence-electron chi connectivity index (χ3n) is 4.29. The second-order valence-electron chi connectivity index (χ2n) is 7.29. The molecular formula is C24H26N2O5S. The highest BCUT2D eigenvalue weighted by molar-refractivity contribution is 7.89. The minimum Gasteiger partial charge on any atom is -0.490 e. The number of ether oxygens (including phenoxy) is 2. The van der Waals surface area contributed by atoms with E-state index in [1.165, 1.54) is 12.1 Å². The second-order valence-corrected chi connectivity index (χ2v) is 9.00. The lowest BCUT2D eigenvalue weighted by Crippen LogP contribution is -2.30. The first-order valence-corrected chi connectivity index (χ1v) is 11.7. The Bertz CT molecular complexity index is 1110. The number of nitrogens with one attached hydrogen (secondary N) is 2. The van der Waals surface area contributed by atoms with E-state index >= 15 is 0 Å². The van der Waals surface area contributed by atoms with Gasteiger partial charge in [-0.15, -0.1) is 0 Å². The summed E-state index contributed by atoms with van der Waals surface area (Å²) in [4.78, 5) is 12.6. The fourth-order valence-corrected chi connectivity index (χ4v) is 4.09. The molecule has 168 valence electrons. The highest BCUT2D eigenvalue weighted by atomic mass is 32.2. The summed E-state index contributed by atoms with van der Waals surface area (Å²) in [5, 5.41) is 2.75. The number of carbonyl (C=O) groups is 1. The predicted octanol–water partition coefficient (Wildman–Crippen LogP) is 4.08. The molecule has 0 heterocycles. The number of sulfonamides is 1. The Morgan fingerprint density at radius 2 is 1.38 bits per heavy atom. The van der Waals surface area contributed by atoms with Gasteiger partial charge in [-0.3, -0.25) is 4.79 Å². The minimum atomic E-state index is -3.57. The van der Waals surface area contributed by atoms with Gasteiger partial charge in [-0.1, -0.05) is 18.2 Å². The largest absolute Gasteiger partial charge is 0.490 e. The summed E-state index contributed by atoms with van der Waals surface area (Å²) < 4.78 is 38.1. The molecule has 0 radical (unpaired) electrons. The van der Waals surface area contributed by atoms with Crippen molar-refractivity contribution in [1.82, 2.24) is 4.72 Å². The number of hydrogen-bond donors (Lipinski definition) is 2. The number of hydrogen-bond acceptors (Lipinski definition) is 5. The normalized spacial score (nSPS) is 11.2. The Hall–Kier alpha value is -3.36. The van der Waals surface area contributed by atoms with Crippen LogP contribution in [0.15, 0.2) is 83.8 Å². The quantitative estimate of drug-likeness (QED) is 0.450. The third-order valence-corrected chi connectivity index (χ3v) is 5.97. The summed E-state index contributed by atoms with van der Waals surface area (Å²) in [5.41, 5.74) is 0.952. The van der Waals surface area contributed by atoms with E-state index in [-0.39, 0.29) is 16.8 Å². The molecule has 3 aromatic rings. The van der Waals surface area contributed by atoms with Gasteiger partial charge in [-0.25, -0.2) is 13.1 Å². The Kier molecular flexibility index (Phi) is 7.86. The molecule has 3 rings (SSSR count). The van der Waals surface area contributed by atoms with E-state index in [1.807, 2.05) is 30.3 Å². The summed E-state index contributed by atoms with van der Waals surface area (Å²) in [6.45, 7) is 4.29. The van der Waals surface area contributed by atoms with Gasteiger partial charge >= 0.3 is 0 Å². The molecule has 0 aliphatic rings. The van der Waals surface area contributed by atoms with Crippen molar-refractivity contribution < 1.29 is 22.7 Å². The number of amides is 1. The fourth-order valence-electron chi connectivity index (χ4n) is 2.84. The summed E-state index contributed by atoms with van der Waals surface area (Å²) in [6, 6.07) is 22.0. The predicted molar refractivity (Wildman–Crippen MR) is 124 cm³/mol. The summed E-state index contributed by atoms with van der Waals surface area (Å²) in [7, 11) is -3.57. The van der Waals surface area contributed by atoms with E-state index < -0.39 is 10.0 Å². The van der Waals surface area contributed by atoms with Crippen molar-refractivity contribution in [2.75, 3.05) is 18.5 Å². The lowest BCUT2D eigenvalue weighted by Gasteiger charge is -2.11. The van der Waals surface area contributed by atoms with Crippen molar-refractivity contribution in [3.63, 3.8) is 0 Å². The molecule has 0 fully saturated rings. The van der Waals surface area contributed by atoms with Crippen LogP contribution in [0.1, 0.15) is 24.2 Å². The zero-order valence-corrected chi connectivity index (χ0v) is 18.8. The number of para-hydroxylation sites is 1. The van der Waals surface area contributed by atoms with E-state index in [0.29, 0.717) is 30.2 Å². The first-order chi connectivity index (χ1) is 15.3. The molecule has 0 aliphatic carbocycles. The fraction of sp³-hybridized carbons (Fsp3) is 0.208. The molecule has 7 nitrogen and oxygen atoms in total. The molecule has 3 aromatic carbocycles. The Labute approximate surface area is 188 Å². The molecule has 0 bridgehead atoms. The first-order valence-electron chi connectivity index (χ1n) is 10.2. The van der Waals surface area contributed by atoms with Gasteiger partial charge in [0.2, 0.25) is 10.0 Å². The molecule has 0 aromatic heterocycles. The van der Waals surface area contributed by atoms with E-state index in [9.17, 15) is 13.2 Å². The lowest BCUT2D eigenvalue weighted by atomic mass is 10.2. The molecule has 1 amide bonds. The van der Waals surface area contributed by atoms with Crippen LogP contribution < -0.4 is 19.5 Å². The number of anilines is 1. The standard InChI is InChI=1S/C24H26N2O5S/c1-18(2)26-32(28,29)23-14-10-20(11-15-23)25-24(27)19-8-12-22(13-9-19)31-17-16-30-21-6-4-3-5-7-21/h3-15,18,26H,16-17H2,1-2H3,(H,25,27). The van der Waals surface area contributed by atoms with Gasteiger partial charge < -0.3 is 14.8 Å². The van der Waals surface area contributed by atoms with Crippen molar-refractivity contribution >= 4 is 21.6 Å². The number of carbonyl (C=O) groups excluding carboxylic acids is 1. The van der Waals surface area contributed by atoms with E-state index in [4.69, 9.17) is 9.47 Å². The Morgan fingerprint density at radius 1 is 0.812 bits per heavy atom. The zero-order valence-electron chi connectivity index (χ0n) is 17.9. The Morgan fingerprint density at radius 3 is 1.94 bits per heavy atom. The van der Waals surface area contributed by atoms with Crippen molar-refractivity contribution in [3.8, 4) is 11.5 Å². The summed E-state index contributed by atoms with van der Waals surface area (Å²) >= 11 is 0. The van der Waals surface area contributed by atoms with Crippen LogP contribution in [0.4, 0.5) is 5.69 Å².